The molecule has 1 N–H and O–H groups in total. The number of oxazole rings is 1. The zero-order valence-corrected chi connectivity index (χ0v) is 17.9. The number of aryl methyl sites for hydroxylation is 2. The number of carbonyl (C=O) groups is 1. The van der Waals surface area contributed by atoms with Crippen molar-refractivity contribution in [3.63, 3.8) is 0 Å². The minimum Gasteiger partial charge on any atom is -0.439 e. The van der Waals surface area contributed by atoms with Gasteiger partial charge in [-0.15, -0.1) is 0 Å². The van der Waals surface area contributed by atoms with E-state index in [9.17, 15) is 14.4 Å². The summed E-state index contributed by atoms with van der Waals surface area (Å²) in [4.78, 5) is 46.3. The highest BCUT2D eigenvalue weighted by Gasteiger charge is 2.24. The van der Waals surface area contributed by atoms with Crippen molar-refractivity contribution in [3.8, 4) is 0 Å². The average Bonchev–Trinajstić information content (AvgIpc) is 3.11. The van der Waals surface area contributed by atoms with Gasteiger partial charge in [-0.2, -0.15) is 0 Å². The van der Waals surface area contributed by atoms with Crippen LogP contribution in [0.1, 0.15) is 58.4 Å². The van der Waals surface area contributed by atoms with Gasteiger partial charge >= 0.3 is 5.69 Å². The van der Waals surface area contributed by atoms with Gasteiger partial charge in [0.1, 0.15) is 12.1 Å². The van der Waals surface area contributed by atoms with Crippen molar-refractivity contribution in [1.29, 1.82) is 0 Å². The molecule has 4 aromatic rings. The highest BCUT2D eigenvalue weighted by atomic mass is 16.3. The Morgan fingerprint density at radius 2 is 1.77 bits per heavy atom. The van der Waals surface area contributed by atoms with E-state index in [4.69, 9.17) is 4.42 Å². The van der Waals surface area contributed by atoms with Gasteiger partial charge in [0.25, 0.3) is 5.56 Å². The van der Waals surface area contributed by atoms with Crippen molar-refractivity contribution >= 4 is 16.9 Å². The van der Waals surface area contributed by atoms with Crippen LogP contribution in [0.15, 0.2) is 56.5 Å². The van der Waals surface area contributed by atoms with Crippen molar-refractivity contribution < 1.29 is 9.21 Å². The number of aromatic nitrogens is 3. The van der Waals surface area contributed by atoms with Crippen LogP contribution in [-0.4, -0.2) is 20.3 Å². The fourth-order valence-electron chi connectivity index (χ4n) is 3.82. The predicted molar refractivity (Wildman–Crippen MR) is 118 cm³/mol. The SMILES string of the molecule is Cc1cc(C)cc(C(=O)c2[nH]c(=O)n(Cc3nc4ccccc4o3)c(=O)c2C(C)C)c1. The normalized spacial score (nSPS) is 11.4. The maximum absolute atomic E-state index is 13.3. The first-order valence-electron chi connectivity index (χ1n) is 10.1. The molecule has 0 bridgehead atoms. The fraction of sp³-hybridized carbons (Fsp3) is 0.250. The highest BCUT2D eigenvalue weighted by Crippen LogP contribution is 2.19. The molecule has 0 atom stereocenters. The van der Waals surface area contributed by atoms with Gasteiger partial charge in [0.05, 0.1) is 5.69 Å². The Morgan fingerprint density at radius 1 is 1.10 bits per heavy atom. The van der Waals surface area contributed by atoms with Gasteiger partial charge in [0.2, 0.25) is 11.7 Å². The topological polar surface area (TPSA) is 98.0 Å². The van der Waals surface area contributed by atoms with Crippen molar-refractivity contribution in [1.82, 2.24) is 14.5 Å². The maximum Gasteiger partial charge on any atom is 0.329 e. The Hall–Kier alpha value is -3.74. The Balaban J connectivity index is 1.83. The second kappa shape index (κ2) is 7.83. The van der Waals surface area contributed by atoms with E-state index < -0.39 is 11.2 Å². The predicted octanol–water partition coefficient (Wildman–Crippen LogP) is 3.70. The molecule has 0 aliphatic rings. The molecule has 158 valence electrons. The van der Waals surface area contributed by atoms with E-state index in [0.717, 1.165) is 15.7 Å². The molecule has 2 heterocycles. The number of hydrogen-bond donors (Lipinski definition) is 1. The minimum atomic E-state index is -0.676. The third-order valence-corrected chi connectivity index (χ3v) is 5.14. The number of nitrogens with one attached hydrogen (secondary N) is 1. The molecule has 0 saturated carbocycles. The number of nitrogens with zero attached hydrogens (tertiary/aromatic N) is 2. The first-order chi connectivity index (χ1) is 14.7. The van der Waals surface area contributed by atoms with Crippen LogP contribution in [0.3, 0.4) is 0 Å². The lowest BCUT2D eigenvalue weighted by Gasteiger charge is -2.14. The molecule has 2 aromatic heterocycles. The molecule has 0 aliphatic heterocycles. The van der Waals surface area contributed by atoms with E-state index in [0.29, 0.717) is 16.7 Å². The summed E-state index contributed by atoms with van der Waals surface area (Å²) in [5, 5.41) is 0. The molecule has 7 nitrogen and oxygen atoms in total. The lowest BCUT2D eigenvalue weighted by Crippen LogP contribution is -2.40. The van der Waals surface area contributed by atoms with Gasteiger partial charge < -0.3 is 9.40 Å². The molecule has 0 saturated heterocycles. The van der Waals surface area contributed by atoms with Gasteiger partial charge in [-0.05, 0) is 44.0 Å². The van der Waals surface area contributed by atoms with Crippen LogP contribution in [-0.2, 0) is 6.54 Å². The Kier molecular flexibility index (Phi) is 5.19. The zero-order valence-electron chi connectivity index (χ0n) is 17.9. The van der Waals surface area contributed by atoms with Gasteiger partial charge in [-0.1, -0.05) is 43.2 Å². The van der Waals surface area contributed by atoms with E-state index in [1.807, 2.05) is 45.9 Å². The van der Waals surface area contributed by atoms with Crippen LogP contribution >= 0.6 is 0 Å². The molecular weight excluding hydrogens is 394 g/mol. The highest BCUT2D eigenvalue weighted by molar-refractivity contribution is 6.08. The summed E-state index contributed by atoms with van der Waals surface area (Å²) in [5.41, 5.74) is 2.62. The van der Waals surface area contributed by atoms with Gasteiger partial charge in [0, 0.05) is 11.1 Å². The van der Waals surface area contributed by atoms with Crippen LogP contribution in [0.2, 0.25) is 0 Å². The van der Waals surface area contributed by atoms with Crippen LogP contribution in [0.5, 0.6) is 0 Å². The standard InChI is InChI=1S/C24H23N3O4/c1-13(2)20-21(22(28)16-10-14(3)9-15(4)11-16)26-24(30)27(23(20)29)12-19-25-17-7-5-6-8-18(17)31-19/h5-11,13H,12H2,1-4H3,(H,26,30). The van der Waals surface area contributed by atoms with Crippen molar-refractivity contribution in [2.75, 3.05) is 0 Å². The summed E-state index contributed by atoms with van der Waals surface area (Å²) in [5.74, 6) is -0.403. The maximum atomic E-state index is 13.3. The first kappa shape index (κ1) is 20.5. The monoisotopic (exact) mass is 417 g/mol. The summed E-state index contributed by atoms with van der Waals surface area (Å²) >= 11 is 0. The molecule has 31 heavy (non-hydrogen) atoms. The molecule has 0 radical (unpaired) electrons. The van der Waals surface area contributed by atoms with Crippen LogP contribution < -0.4 is 11.2 Å². The second-order valence-corrected chi connectivity index (χ2v) is 8.05. The summed E-state index contributed by atoms with van der Waals surface area (Å²) in [6.45, 7) is 7.30. The van der Waals surface area contributed by atoms with Gasteiger partial charge in [-0.3, -0.25) is 14.2 Å². The van der Waals surface area contributed by atoms with E-state index in [-0.39, 0.29) is 35.4 Å². The van der Waals surface area contributed by atoms with Crippen molar-refractivity contribution in [3.05, 3.63) is 97.1 Å². The average molecular weight is 417 g/mol. The smallest absolute Gasteiger partial charge is 0.329 e. The number of fused-ring (bicyclic) bond motifs is 1. The Bertz CT molecular complexity index is 1370. The van der Waals surface area contributed by atoms with E-state index in [2.05, 4.69) is 9.97 Å². The number of carbonyl (C=O) groups excluding carboxylic acids is 1. The van der Waals surface area contributed by atoms with Gasteiger partial charge in [-0.25, -0.2) is 9.78 Å². The molecule has 0 spiro atoms. The van der Waals surface area contributed by atoms with E-state index in [1.165, 1.54) is 0 Å². The lowest BCUT2D eigenvalue weighted by atomic mass is 9.96. The number of H-pyrrole nitrogens is 1. The molecule has 7 heteroatoms. The summed E-state index contributed by atoms with van der Waals surface area (Å²) < 4.78 is 6.69. The van der Waals surface area contributed by atoms with Crippen molar-refractivity contribution in [2.24, 2.45) is 0 Å². The zero-order chi connectivity index (χ0) is 22.3. The Labute approximate surface area is 178 Å². The van der Waals surface area contributed by atoms with Crippen LogP contribution in [0, 0.1) is 13.8 Å². The fourth-order valence-corrected chi connectivity index (χ4v) is 3.82. The molecule has 4 rings (SSSR count). The van der Waals surface area contributed by atoms with E-state index in [1.54, 1.807) is 24.3 Å². The number of hydrogen-bond acceptors (Lipinski definition) is 5. The summed E-state index contributed by atoms with van der Waals surface area (Å²) in [6, 6.07) is 12.7. The number of ketones is 1. The van der Waals surface area contributed by atoms with Crippen LogP contribution in [0.4, 0.5) is 0 Å². The number of rotatable bonds is 5. The number of para-hydroxylation sites is 2. The summed E-state index contributed by atoms with van der Waals surface area (Å²) in [7, 11) is 0. The quantitative estimate of drug-likeness (QED) is 0.499. The Morgan fingerprint density at radius 3 is 2.42 bits per heavy atom. The number of aromatic amines is 1. The van der Waals surface area contributed by atoms with Gasteiger partial charge in [0.15, 0.2) is 5.58 Å². The second-order valence-electron chi connectivity index (χ2n) is 8.05. The molecule has 0 amide bonds. The molecule has 0 fully saturated rings. The third-order valence-electron chi connectivity index (χ3n) is 5.14. The first-order valence-corrected chi connectivity index (χ1v) is 10.1. The molecule has 0 unspecified atom stereocenters. The van der Waals surface area contributed by atoms with Crippen LogP contribution in [0.25, 0.3) is 11.1 Å². The molecule has 2 aromatic carbocycles. The number of benzene rings is 2. The largest absolute Gasteiger partial charge is 0.439 e. The molecule has 0 aliphatic carbocycles. The van der Waals surface area contributed by atoms with Crippen molar-refractivity contribution in [2.45, 2.75) is 40.2 Å². The molecular formula is C24H23N3O4. The lowest BCUT2D eigenvalue weighted by molar-refractivity contribution is 0.103. The summed E-state index contributed by atoms with van der Waals surface area (Å²) in [6.07, 6.45) is 0. The minimum absolute atomic E-state index is 0.0313. The third kappa shape index (κ3) is 3.86. The van der Waals surface area contributed by atoms with E-state index >= 15 is 0 Å².